The maximum absolute atomic E-state index is 12.9. The van der Waals surface area contributed by atoms with Crippen LogP contribution in [-0.2, 0) is 16.6 Å². The Kier molecular flexibility index (Phi) is 5.43. The number of likely N-dealkylation sites (N-methyl/N-ethyl adjacent to an activating group) is 1. The molecule has 1 aliphatic rings. The second-order valence-electron chi connectivity index (χ2n) is 5.52. The first-order valence-electron chi connectivity index (χ1n) is 6.99. The second kappa shape index (κ2) is 6.75. The Morgan fingerprint density at radius 3 is 2.67 bits per heavy atom. The highest BCUT2D eigenvalue weighted by Gasteiger charge is 2.33. The Balaban J connectivity index is 2.31. The van der Waals surface area contributed by atoms with Gasteiger partial charge < -0.3 is 10.2 Å². The molecule has 0 saturated carbocycles. The largest absolute Gasteiger partial charge is 0.316 e. The van der Waals surface area contributed by atoms with Crippen LogP contribution in [0.5, 0.6) is 0 Å². The standard InChI is InChI=1S/C14H22BrN3O2S/c1-11-10-17(3)6-7-18(11)21(19,20)14-5-4-12(9-16-2)8-13(14)15/h4-5,8,11,16H,6-7,9-10H2,1-3H3. The summed E-state index contributed by atoms with van der Waals surface area (Å²) < 4.78 is 27.9. The van der Waals surface area contributed by atoms with Crippen molar-refractivity contribution in [2.75, 3.05) is 33.7 Å². The average molecular weight is 376 g/mol. The highest BCUT2D eigenvalue weighted by atomic mass is 79.9. The first-order chi connectivity index (χ1) is 9.86. The lowest BCUT2D eigenvalue weighted by Crippen LogP contribution is -2.52. The third-order valence-corrected chi connectivity index (χ3v) is 6.72. The fourth-order valence-electron chi connectivity index (χ4n) is 2.67. The number of halogens is 1. The SMILES string of the molecule is CNCc1ccc(S(=O)(=O)N2CCN(C)CC2C)c(Br)c1. The fourth-order valence-corrected chi connectivity index (χ4v) is 5.37. The summed E-state index contributed by atoms with van der Waals surface area (Å²) >= 11 is 3.41. The Hall–Kier alpha value is -0.470. The molecule has 0 bridgehead atoms. The van der Waals surface area contributed by atoms with Gasteiger partial charge in [0.25, 0.3) is 0 Å². The molecule has 1 N–H and O–H groups in total. The average Bonchev–Trinajstić information content (AvgIpc) is 2.38. The summed E-state index contributed by atoms with van der Waals surface area (Å²) in [6.07, 6.45) is 0. The normalized spacial score (nSPS) is 21.6. The maximum Gasteiger partial charge on any atom is 0.244 e. The molecule has 0 spiro atoms. The van der Waals surface area contributed by atoms with Gasteiger partial charge in [0.2, 0.25) is 10.0 Å². The first kappa shape index (κ1) is 16.9. The number of hydrogen-bond donors (Lipinski definition) is 1. The molecule has 1 atom stereocenters. The number of nitrogens with zero attached hydrogens (tertiary/aromatic N) is 2. The summed E-state index contributed by atoms with van der Waals surface area (Å²) in [5.74, 6) is 0. The minimum absolute atomic E-state index is 0.0161. The Morgan fingerprint density at radius 2 is 2.10 bits per heavy atom. The van der Waals surface area contributed by atoms with Crippen LogP contribution in [0.25, 0.3) is 0 Å². The number of nitrogens with one attached hydrogen (secondary N) is 1. The van der Waals surface area contributed by atoms with Crippen molar-refractivity contribution in [2.24, 2.45) is 0 Å². The summed E-state index contributed by atoms with van der Waals surface area (Å²) in [5, 5.41) is 3.06. The van der Waals surface area contributed by atoms with Crippen molar-refractivity contribution in [1.82, 2.24) is 14.5 Å². The predicted molar refractivity (Wildman–Crippen MR) is 87.8 cm³/mol. The van der Waals surface area contributed by atoms with Gasteiger partial charge in [-0.15, -0.1) is 0 Å². The number of benzene rings is 1. The van der Waals surface area contributed by atoms with Crippen LogP contribution < -0.4 is 5.32 Å². The molecule has 1 aromatic rings. The molecule has 1 saturated heterocycles. The van der Waals surface area contributed by atoms with Gasteiger partial charge in [-0.2, -0.15) is 4.31 Å². The van der Waals surface area contributed by atoms with Crippen LogP contribution >= 0.6 is 15.9 Å². The molecule has 1 fully saturated rings. The van der Waals surface area contributed by atoms with E-state index in [2.05, 4.69) is 26.1 Å². The van der Waals surface area contributed by atoms with Crippen molar-refractivity contribution in [3.63, 3.8) is 0 Å². The lowest BCUT2D eigenvalue weighted by molar-refractivity contribution is 0.170. The minimum atomic E-state index is -3.46. The highest BCUT2D eigenvalue weighted by molar-refractivity contribution is 9.10. The van der Waals surface area contributed by atoms with Crippen molar-refractivity contribution in [1.29, 1.82) is 0 Å². The van der Waals surface area contributed by atoms with E-state index >= 15 is 0 Å². The molecule has 1 unspecified atom stereocenters. The number of rotatable bonds is 4. The van der Waals surface area contributed by atoms with Crippen molar-refractivity contribution in [2.45, 2.75) is 24.4 Å². The van der Waals surface area contributed by atoms with Gasteiger partial charge in [0.05, 0.1) is 4.90 Å². The van der Waals surface area contributed by atoms with E-state index in [1.54, 1.807) is 10.4 Å². The van der Waals surface area contributed by atoms with E-state index in [0.29, 0.717) is 22.5 Å². The zero-order valence-corrected chi connectivity index (χ0v) is 15.0. The molecular weight excluding hydrogens is 354 g/mol. The van der Waals surface area contributed by atoms with Crippen molar-refractivity contribution in [3.8, 4) is 0 Å². The molecule has 0 aromatic heterocycles. The molecule has 21 heavy (non-hydrogen) atoms. The van der Waals surface area contributed by atoms with E-state index in [9.17, 15) is 8.42 Å². The quantitative estimate of drug-likeness (QED) is 0.865. The second-order valence-corrected chi connectivity index (χ2v) is 8.24. The van der Waals surface area contributed by atoms with Crippen LogP contribution in [-0.4, -0.2) is 57.4 Å². The number of piperazine rings is 1. The van der Waals surface area contributed by atoms with E-state index in [4.69, 9.17) is 0 Å². The van der Waals surface area contributed by atoms with E-state index in [-0.39, 0.29) is 6.04 Å². The van der Waals surface area contributed by atoms with E-state index in [0.717, 1.165) is 18.7 Å². The molecule has 2 rings (SSSR count). The van der Waals surface area contributed by atoms with Crippen LogP contribution in [0, 0.1) is 0 Å². The van der Waals surface area contributed by atoms with E-state index in [1.165, 1.54) is 0 Å². The number of hydrogen-bond acceptors (Lipinski definition) is 4. The van der Waals surface area contributed by atoms with Crippen molar-refractivity contribution >= 4 is 26.0 Å². The molecule has 5 nitrogen and oxygen atoms in total. The van der Waals surface area contributed by atoms with Gasteiger partial charge in [-0.3, -0.25) is 0 Å². The Morgan fingerprint density at radius 1 is 1.38 bits per heavy atom. The molecule has 1 aliphatic heterocycles. The van der Waals surface area contributed by atoms with Crippen LogP contribution in [0.1, 0.15) is 12.5 Å². The molecule has 118 valence electrons. The Labute approximate surface area is 135 Å². The smallest absolute Gasteiger partial charge is 0.244 e. The fraction of sp³-hybridized carbons (Fsp3) is 0.571. The lowest BCUT2D eigenvalue weighted by atomic mass is 10.2. The van der Waals surface area contributed by atoms with Crippen LogP contribution in [0.3, 0.4) is 0 Å². The molecule has 1 aromatic carbocycles. The third-order valence-electron chi connectivity index (χ3n) is 3.73. The minimum Gasteiger partial charge on any atom is -0.316 e. The van der Waals surface area contributed by atoms with Gasteiger partial charge in [-0.25, -0.2) is 8.42 Å². The zero-order valence-electron chi connectivity index (χ0n) is 12.6. The van der Waals surface area contributed by atoms with Gasteiger partial charge in [-0.05, 0) is 54.6 Å². The van der Waals surface area contributed by atoms with Crippen molar-refractivity contribution in [3.05, 3.63) is 28.2 Å². The lowest BCUT2D eigenvalue weighted by Gasteiger charge is -2.37. The summed E-state index contributed by atoms with van der Waals surface area (Å²) in [6, 6.07) is 5.40. The number of sulfonamides is 1. The topological polar surface area (TPSA) is 52.7 Å². The van der Waals surface area contributed by atoms with E-state index in [1.807, 2.05) is 33.2 Å². The highest BCUT2D eigenvalue weighted by Crippen LogP contribution is 2.28. The zero-order chi connectivity index (χ0) is 15.6. The molecule has 0 amide bonds. The first-order valence-corrected chi connectivity index (χ1v) is 9.23. The molecule has 0 aliphatic carbocycles. The van der Waals surface area contributed by atoms with Gasteiger partial charge in [0.1, 0.15) is 0 Å². The van der Waals surface area contributed by atoms with Gasteiger partial charge in [0.15, 0.2) is 0 Å². The third kappa shape index (κ3) is 3.65. The predicted octanol–water partition coefficient (Wildman–Crippen LogP) is 1.49. The Bertz CT molecular complexity index is 606. The maximum atomic E-state index is 12.9. The van der Waals surface area contributed by atoms with Gasteiger partial charge in [0, 0.05) is 36.7 Å². The van der Waals surface area contributed by atoms with Gasteiger partial charge >= 0.3 is 0 Å². The van der Waals surface area contributed by atoms with Gasteiger partial charge in [-0.1, -0.05) is 6.07 Å². The molecular formula is C14H22BrN3O2S. The van der Waals surface area contributed by atoms with Crippen LogP contribution in [0.2, 0.25) is 0 Å². The molecule has 0 radical (unpaired) electrons. The van der Waals surface area contributed by atoms with Crippen LogP contribution in [0.4, 0.5) is 0 Å². The summed E-state index contributed by atoms with van der Waals surface area (Å²) in [4.78, 5) is 2.50. The monoisotopic (exact) mass is 375 g/mol. The van der Waals surface area contributed by atoms with Crippen LogP contribution in [0.15, 0.2) is 27.6 Å². The summed E-state index contributed by atoms with van der Waals surface area (Å²) in [6.45, 7) is 4.72. The molecule has 1 heterocycles. The van der Waals surface area contributed by atoms with E-state index < -0.39 is 10.0 Å². The van der Waals surface area contributed by atoms with Crippen molar-refractivity contribution < 1.29 is 8.42 Å². The summed E-state index contributed by atoms with van der Waals surface area (Å²) in [5.41, 5.74) is 1.05. The summed E-state index contributed by atoms with van der Waals surface area (Å²) in [7, 11) is 0.425. The molecule has 7 heteroatoms.